The first-order valence-corrected chi connectivity index (χ1v) is 9.16. The quantitative estimate of drug-likeness (QED) is 0.678. The van der Waals surface area contributed by atoms with Crippen LogP contribution < -0.4 is 10.2 Å². The monoisotopic (exact) mass is 386 g/mol. The normalized spacial score (nSPS) is 20.1. The lowest BCUT2D eigenvalue weighted by Crippen LogP contribution is -2.30. The maximum absolute atomic E-state index is 10.0. The zero-order chi connectivity index (χ0) is 20.8. The van der Waals surface area contributed by atoms with Crippen LogP contribution in [0.4, 0.5) is 0 Å². The number of aliphatic hydroxyl groups is 2. The Bertz CT molecular complexity index is 507. The number of hydrogen-bond donors (Lipinski definition) is 3. The zero-order valence-electron chi connectivity index (χ0n) is 17.4. The van der Waals surface area contributed by atoms with E-state index < -0.39 is 7.12 Å². The van der Waals surface area contributed by atoms with Crippen LogP contribution in [0.5, 0.6) is 5.75 Å². The Morgan fingerprint density at radius 3 is 2.30 bits per heavy atom. The van der Waals surface area contributed by atoms with E-state index in [2.05, 4.69) is 11.7 Å². The molecule has 0 bridgehead atoms. The van der Waals surface area contributed by atoms with Gasteiger partial charge in [0.15, 0.2) is 6.29 Å². The molecule has 2 unspecified atom stereocenters. The molecular formula is C19H35BO7. The van der Waals surface area contributed by atoms with Gasteiger partial charge < -0.3 is 34.1 Å². The topological polar surface area (TPSA) is 97.6 Å². The third-order valence-corrected chi connectivity index (χ3v) is 4.05. The smallest absolute Gasteiger partial charge is 0.465 e. The van der Waals surface area contributed by atoms with E-state index in [0.717, 1.165) is 68.8 Å². The molecule has 1 fully saturated rings. The van der Waals surface area contributed by atoms with Crippen molar-refractivity contribution in [3.8, 4) is 5.75 Å². The number of fused-ring (bicyclic) bond motifs is 1. The van der Waals surface area contributed by atoms with Gasteiger partial charge in [-0.1, -0.05) is 6.92 Å². The maximum Gasteiger partial charge on any atom is 0.492 e. The van der Waals surface area contributed by atoms with E-state index in [9.17, 15) is 5.02 Å². The summed E-state index contributed by atoms with van der Waals surface area (Å²) < 4.78 is 21.3. The Morgan fingerprint density at radius 2 is 1.78 bits per heavy atom. The Balaban J connectivity index is 0.000000860. The molecule has 0 radical (unpaired) electrons. The van der Waals surface area contributed by atoms with Gasteiger partial charge in [0.1, 0.15) is 5.75 Å². The highest BCUT2D eigenvalue weighted by Crippen LogP contribution is 2.32. The molecule has 0 amide bonds. The third kappa shape index (κ3) is 7.77. The summed E-state index contributed by atoms with van der Waals surface area (Å²) in [5, 5.41) is 24.0. The predicted molar refractivity (Wildman–Crippen MR) is 106 cm³/mol. The van der Waals surface area contributed by atoms with Crippen molar-refractivity contribution in [3.05, 3.63) is 23.3 Å². The van der Waals surface area contributed by atoms with Crippen LogP contribution in [0.2, 0.25) is 0 Å². The molecule has 0 saturated carbocycles. The molecule has 2 atom stereocenters. The van der Waals surface area contributed by atoms with Gasteiger partial charge in [0.2, 0.25) is 0 Å². The van der Waals surface area contributed by atoms with Crippen molar-refractivity contribution in [1.82, 2.24) is 0 Å². The molecule has 3 rings (SSSR count). The van der Waals surface area contributed by atoms with Crippen molar-refractivity contribution < 1.29 is 34.1 Å². The molecule has 2 heterocycles. The first-order chi connectivity index (χ1) is 13.1. The van der Waals surface area contributed by atoms with Crippen LogP contribution in [-0.4, -0.2) is 63.7 Å². The lowest BCUT2D eigenvalue weighted by Gasteiger charge is -2.24. The van der Waals surface area contributed by atoms with Gasteiger partial charge in [0, 0.05) is 34.9 Å². The van der Waals surface area contributed by atoms with Crippen molar-refractivity contribution in [2.24, 2.45) is 0 Å². The summed E-state index contributed by atoms with van der Waals surface area (Å²) in [7, 11) is 4.41. The number of aliphatic hydroxyl groups excluding tert-OH is 2. The average molecular weight is 386 g/mol. The van der Waals surface area contributed by atoms with E-state index in [1.54, 1.807) is 14.2 Å². The van der Waals surface area contributed by atoms with Gasteiger partial charge in [-0.2, -0.15) is 0 Å². The lowest BCUT2D eigenvalue weighted by atomic mass is 9.77. The molecule has 0 aromatic heterocycles. The van der Waals surface area contributed by atoms with E-state index in [4.69, 9.17) is 24.3 Å². The van der Waals surface area contributed by atoms with Crippen molar-refractivity contribution in [2.75, 3.05) is 35.0 Å². The summed E-state index contributed by atoms with van der Waals surface area (Å²) >= 11 is 0. The Kier molecular flexibility index (Phi) is 14.2. The highest BCUT2D eigenvalue weighted by Gasteiger charge is 2.36. The van der Waals surface area contributed by atoms with Crippen molar-refractivity contribution in [1.29, 1.82) is 0 Å². The van der Waals surface area contributed by atoms with E-state index in [1.165, 1.54) is 0 Å². The largest absolute Gasteiger partial charge is 0.492 e. The molecule has 1 saturated heterocycles. The van der Waals surface area contributed by atoms with Crippen LogP contribution >= 0.6 is 0 Å². The van der Waals surface area contributed by atoms with E-state index in [0.29, 0.717) is 0 Å². The number of benzene rings is 1. The second kappa shape index (κ2) is 14.8. The number of rotatable bonds is 3. The fourth-order valence-corrected chi connectivity index (χ4v) is 3.06. The molecule has 0 aliphatic carbocycles. The first-order valence-electron chi connectivity index (χ1n) is 9.16. The number of methoxy groups -OCH3 is 1. The molecule has 27 heavy (non-hydrogen) atoms. The molecular weight excluding hydrogens is 351 g/mol. The van der Waals surface area contributed by atoms with Gasteiger partial charge in [-0.3, -0.25) is 0 Å². The van der Waals surface area contributed by atoms with Crippen LogP contribution in [0.3, 0.4) is 0 Å². The second-order valence-electron chi connectivity index (χ2n) is 5.95. The predicted octanol–water partition coefficient (Wildman–Crippen LogP) is 1.55. The molecule has 0 spiro atoms. The van der Waals surface area contributed by atoms with Crippen LogP contribution in [-0.2, 0) is 14.1 Å². The van der Waals surface area contributed by atoms with Gasteiger partial charge in [0.25, 0.3) is 0 Å². The summed E-state index contributed by atoms with van der Waals surface area (Å²) in [6.45, 7) is 4.86. The van der Waals surface area contributed by atoms with Gasteiger partial charge in [0.05, 0.1) is 12.7 Å². The lowest BCUT2D eigenvalue weighted by molar-refractivity contribution is -0.105. The van der Waals surface area contributed by atoms with Crippen LogP contribution in [0.15, 0.2) is 12.1 Å². The number of aryl methyl sites for hydroxylation is 1. The summed E-state index contributed by atoms with van der Waals surface area (Å²) in [5.74, 6) is 0.757. The van der Waals surface area contributed by atoms with Crippen molar-refractivity contribution >= 4 is 12.6 Å². The van der Waals surface area contributed by atoms with Gasteiger partial charge >= 0.3 is 7.12 Å². The van der Waals surface area contributed by atoms with Crippen molar-refractivity contribution in [2.45, 2.75) is 51.9 Å². The SMILES string of the molecule is CCC1OB(O)c2cc(OC3CCCCO3)cc(C)c21.CO.CO.COC. The summed E-state index contributed by atoms with van der Waals surface area (Å²) in [6, 6.07) is 3.90. The molecule has 7 nitrogen and oxygen atoms in total. The Hall–Kier alpha value is -1.16. The Morgan fingerprint density at radius 1 is 1.15 bits per heavy atom. The van der Waals surface area contributed by atoms with Gasteiger partial charge in [-0.25, -0.2) is 0 Å². The van der Waals surface area contributed by atoms with Crippen molar-refractivity contribution in [3.63, 3.8) is 0 Å². The van der Waals surface area contributed by atoms with Crippen LogP contribution in [0.1, 0.15) is 49.8 Å². The van der Waals surface area contributed by atoms with Gasteiger partial charge in [-0.05, 0) is 54.9 Å². The van der Waals surface area contributed by atoms with Gasteiger partial charge in [-0.15, -0.1) is 0 Å². The minimum atomic E-state index is -0.843. The zero-order valence-corrected chi connectivity index (χ0v) is 17.4. The fraction of sp³-hybridized carbons (Fsp3) is 0.684. The van der Waals surface area contributed by atoms with E-state index >= 15 is 0 Å². The minimum Gasteiger partial charge on any atom is -0.465 e. The summed E-state index contributed by atoms with van der Waals surface area (Å²) in [5.41, 5.74) is 3.05. The molecule has 2 aliphatic heterocycles. The third-order valence-electron chi connectivity index (χ3n) is 4.05. The fourth-order valence-electron chi connectivity index (χ4n) is 3.06. The molecule has 156 valence electrons. The Labute approximate surface area is 163 Å². The second-order valence-corrected chi connectivity index (χ2v) is 5.95. The number of hydrogen-bond acceptors (Lipinski definition) is 7. The molecule has 8 heteroatoms. The molecule has 2 aliphatic rings. The molecule has 3 N–H and O–H groups in total. The molecule has 1 aromatic rings. The summed E-state index contributed by atoms with van der Waals surface area (Å²) in [6.07, 6.45) is 3.85. The van der Waals surface area contributed by atoms with Crippen LogP contribution in [0, 0.1) is 6.92 Å². The van der Waals surface area contributed by atoms with E-state index in [-0.39, 0.29) is 12.4 Å². The van der Waals surface area contributed by atoms with E-state index in [1.807, 2.05) is 19.1 Å². The average Bonchev–Trinajstić information content (AvgIpc) is 3.03. The minimum absolute atomic E-state index is 0.0139. The maximum atomic E-state index is 10.0. The number of ether oxygens (including phenoxy) is 3. The first kappa shape index (κ1) is 25.8. The highest BCUT2D eigenvalue weighted by molar-refractivity contribution is 6.61. The van der Waals surface area contributed by atoms with Crippen LogP contribution in [0.25, 0.3) is 0 Å². The summed E-state index contributed by atoms with van der Waals surface area (Å²) in [4.78, 5) is 0. The highest BCUT2D eigenvalue weighted by atomic mass is 16.7. The molecule has 1 aromatic carbocycles. The standard InChI is InChI=1S/C15H21BO4.C2H6O.2CH4O/c1-3-13-15-10(2)8-11(9-12(15)16(17)20-13)19-14-6-4-5-7-18-14;1-3-2;2*1-2/h8-9,13-14,17H,3-7H2,1-2H3;1-2H3;2*2H,1H3.